The normalized spacial score (nSPS) is 12.8. The quantitative estimate of drug-likeness (QED) is 0.662. The second-order valence-electron chi connectivity index (χ2n) is 3.58. The van der Waals surface area contributed by atoms with Gasteiger partial charge in [-0.3, -0.25) is 0 Å². The maximum Gasteiger partial charge on any atom is 0.123 e. The molecule has 0 heterocycles. The zero-order valence-electron chi connectivity index (χ0n) is 8.09. The highest BCUT2D eigenvalue weighted by Crippen LogP contribution is 2.13. The summed E-state index contributed by atoms with van der Waals surface area (Å²) in [6, 6.07) is 6.83. The summed E-state index contributed by atoms with van der Waals surface area (Å²) in [4.78, 5) is 0. The number of hydrogen-bond donors (Lipinski definition) is 0. The van der Waals surface area contributed by atoms with Gasteiger partial charge in [0, 0.05) is 0 Å². The fourth-order valence-corrected chi connectivity index (χ4v) is 1.52. The third kappa shape index (κ3) is 3.58. The van der Waals surface area contributed by atoms with Crippen LogP contribution in [0.2, 0.25) is 0 Å². The van der Waals surface area contributed by atoms with E-state index in [1.165, 1.54) is 6.07 Å². The Hall–Kier alpha value is -0.850. The Morgan fingerprint density at radius 2 is 2.23 bits per heavy atom. The van der Waals surface area contributed by atoms with Crippen molar-refractivity contribution < 1.29 is 4.39 Å². The molecule has 1 aromatic carbocycles. The highest BCUT2D eigenvalue weighted by atomic mass is 19.1. The topological polar surface area (TPSA) is 0 Å². The van der Waals surface area contributed by atoms with Crippen molar-refractivity contribution in [2.24, 2.45) is 5.92 Å². The fourth-order valence-electron chi connectivity index (χ4n) is 1.52. The van der Waals surface area contributed by atoms with Crippen molar-refractivity contribution in [2.45, 2.75) is 26.2 Å². The Kier molecular flexibility index (Phi) is 3.94. The maximum absolute atomic E-state index is 12.8. The highest BCUT2D eigenvalue weighted by molar-refractivity contribution is 5.16. The average molecular weight is 179 g/mol. The number of hydrogen-bond acceptors (Lipinski definition) is 0. The SMILES string of the molecule is [CH2]CCC(C)Cc1cccc(F)c1. The molecule has 1 unspecified atom stereocenters. The van der Waals surface area contributed by atoms with Crippen molar-refractivity contribution in [3.8, 4) is 0 Å². The first-order chi connectivity index (χ1) is 6.22. The molecule has 0 nitrogen and oxygen atoms in total. The molecule has 0 bridgehead atoms. The first kappa shape index (κ1) is 10.2. The summed E-state index contributed by atoms with van der Waals surface area (Å²) in [6.45, 7) is 5.99. The highest BCUT2D eigenvalue weighted by Gasteiger charge is 2.02. The van der Waals surface area contributed by atoms with Gasteiger partial charge in [0.1, 0.15) is 5.82 Å². The molecule has 1 aromatic rings. The van der Waals surface area contributed by atoms with Gasteiger partial charge in [0.05, 0.1) is 0 Å². The smallest absolute Gasteiger partial charge is 0.123 e. The van der Waals surface area contributed by atoms with Crippen LogP contribution >= 0.6 is 0 Å². The van der Waals surface area contributed by atoms with Gasteiger partial charge in [0.15, 0.2) is 0 Å². The number of benzene rings is 1. The van der Waals surface area contributed by atoms with Gasteiger partial charge in [0.25, 0.3) is 0 Å². The molecule has 0 saturated heterocycles. The lowest BCUT2D eigenvalue weighted by Gasteiger charge is -2.09. The largest absolute Gasteiger partial charge is 0.207 e. The molecule has 71 valence electrons. The molecule has 13 heavy (non-hydrogen) atoms. The Bertz CT molecular complexity index is 255. The molecule has 0 aromatic heterocycles. The predicted octanol–water partition coefficient (Wildman–Crippen LogP) is 3.62. The van der Waals surface area contributed by atoms with Crippen molar-refractivity contribution in [3.63, 3.8) is 0 Å². The van der Waals surface area contributed by atoms with Gasteiger partial charge >= 0.3 is 0 Å². The van der Waals surface area contributed by atoms with E-state index in [1.54, 1.807) is 12.1 Å². The zero-order chi connectivity index (χ0) is 9.68. The van der Waals surface area contributed by atoms with E-state index in [0.717, 1.165) is 24.8 Å². The van der Waals surface area contributed by atoms with E-state index in [1.807, 2.05) is 6.07 Å². The minimum atomic E-state index is -0.140. The van der Waals surface area contributed by atoms with E-state index in [-0.39, 0.29) is 5.82 Å². The van der Waals surface area contributed by atoms with E-state index in [2.05, 4.69) is 13.8 Å². The van der Waals surface area contributed by atoms with Crippen LogP contribution in [-0.2, 0) is 6.42 Å². The molecule has 0 N–H and O–H groups in total. The minimum Gasteiger partial charge on any atom is -0.207 e. The molecule has 0 amide bonds. The third-order valence-corrected chi connectivity index (χ3v) is 2.17. The fraction of sp³-hybridized carbons (Fsp3) is 0.417. The molecule has 0 saturated carbocycles. The molecule has 0 aliphatic carbocycles. The second-order valence-corrected chi connectivity index (χ2v) is 3.58. The van der Waals surface area contributed by atoms with Crippen molar-refractivity contribution in [2.75, 3.05) is 0 Å². The molecule has 1 radical (unpaired) electrons. The first-order valence-electron chi connectivity index (χ1n) is 4.76. The average Bonchev–Trinajstić information content (AvgIpc) is 2.04. The predicted molar refractivity (Wildman–Crippen MR) is 53.9 cm³/mol. The summed E-state index contributed by atoms with van der Waals surface area (Å²) in [5.74, 6) is 0.457. The van der Waals surface area contributed by atoms with Crippen LogP contribution in [0.3, 0.4) is 0 Å². The van der Waals surface area contributed by atoms with Crippen LogP contribution in [0.25, 0.3) is 0 Å². The zero-order valence-corrected chi connectivity index (χ0v) is 8.09. The minimum absolute atomic E-state index is 0.140. The Morgan fingerprint density at radius 3 is 2.85 bits per heavy atom. The lowest BCUT2D eigenvalue weighted by Crippen LogP contribution is -1.99. The monoisotopic (exact) mass is 179 g/mol. The molecular weight excluding hydrogens is 163 g/mol. The molecule has 1 atom stereocenters. The molecule has 0 aliphatic heterocycles. The van der Waals surface area contributed by atoms with E-state index < -0.39 is 0 Å². The first-order valence-corrected chi connectivity index (χ1v) is 4.76. The third-order valence-electron chi connectivity index (χ3n) is 2.17. The van der Waals surface area contributed by atoms with Gasteiger partial charge in [-0.25, -0.2) is 4.39 Å². The van der Waals surface area contributed by atoms with E-state index in [4.69, 9.17) is 0 Å². The van der Waals surface area contributed by atoms with E-state index >= 15 is 0 Å². The molecular formula is C12H16F. The molecule has 1 rings (SSSR count). The summed E-state index contributed by atoms with van der Waals surface area (Å²) >= 11 is 0. The Morgan fingerprint density at radius 1 is 1.46 bits per heavy atom. The summed E-state index contributed by atoms with van der Waals surface area (Å²) in [5, 5.41) is 0. The summed E-state index contributed by atoms with van der Waals surface area (Å²) < 4.78 is 12.8. The van der Waals surface area contributed by atoms with Crippen LogP contribution in [0.15, 0.2) is 24.3 Å². The molecule has 1 heteroatoms. The summed E-state index contributed by atoms with van der Waals surface area (Å²) in [5.41, 5.74) is 1.08. The van der Waals surface area contributed by atoms with Crippen LogP contribution in [0.5, 0.6) is 0 Å². The van der Waals surface area contributed by atoms with Crippen molar-refractivity contribution in [1.82, 2.24) is 0 Å². The van der Waals surface area contributed by atoms with Crippen LogP contribution in [0.1, 0.15) is 25.3 Å². The van der Waals surface area contributed by atoms with Gasteiger partial charge in [-0.2, -0.15) is 0 Å². The van der Waals surface area contributed by atoms with E-state index in [9.17, 15) is 4.39 Å². The standard InChI is InChI=1S/C12H16F/c1-3-5-10(2)8-11-6-4-7-12(13)9-11/h4,6-7,9-10H,1,3,5,8H2,2H3. The van der Waals surface area contributed by atoms with E-state index in [0.29, 0.717) is 5.92 Å². The van der Waals surface area contributed by atoms with Gasteiger partial charge in [0.2, 0.25) is 0 Å². The lowest BCUT2D eigenvalue weighted by molar-refractivity contribution is 0.532. The van der Waals surface area contributed by atoms with Crippen molar-refractivity contribution in [1.29, 1.82) is 0 Å². The second kappa shape index (κ2) is 5.00. The van der Waals surface area contributed by atoms with Crippen molar-refractivity contribution >= 4 is 0 Å². The summed E-state index contributed by atoms with van der Waals surface area (Å²) in [6.07, 6.45) is 3.01. The van der Waals surface area contributed by atoms with Crippen LogP contribution < -0.4 is 0 Å². The lowest BCUT2D eigenvalue weighted by atomic mass is 9.97. The maximum atomic E-state index is 12.8. The molecule has 0 aliphatic rings. The summed E-state index contributed by atoms with van der Waals surface area (Å²) in [7, 11) is 0. The van der Waals surface area contributed by atoms with Crippen molar-refractivity contribution in [3.05, 3.63) is 42.6 Å². The Labute approximate surface area is 79.8 Å². The van der Waals surface area contributed by atoms with Gasteiger partial charge in [-0.1, -0.05) is 38.8 Å². The number of halogens is 1. The number of rotatable bonds is 4. The van der Waals surface area contributed by atoms with Gasteiger partial charge < -0.3 is 0 Å². The Balaban J connectivity index is 2.53. The van der Waals surface area contributed by atoms with Crippen LogP contribution in [0, 0.1) is 18.7 Å². The van der Waals surface area contributed by atoms with Gasteiger partial charge in [-0.15, -0.1) is 0 Å². The molecule has 0 fully saturated rings. The van der Waals surface area contributed by atoms with Crippen LogP contribution in [-0.4, -0.2) is 0 Å². The van der Waals surface area contributed by atoms with Crippen LogP contribution in [0.4, 0.5) is 4.39 Å². The molecule has 0 spiro atoms. The van der Waals surface area contributed by atoms with Gasteiger partial charge in [-0.05, 0) is 30.0 Å².